The molecule has 1 aromatic rings. The van der Waals surface area contributed by atoms with E-state index in [1.165, 1.54) is 0 Å². The summed E-state index contributed by atoms with van der Waals surface area (Å²) in [5.41, 5.74) is 1.55. The van der Waals surface area contributed by atoms with Gasteiger partial charge < -0.3 is 10.4 Å². The fraction of sp³-hybridized carbons (Fsp3) is 0.667. The van der Waals surface area contributed by atoms with Crippen LogP contribution < -0.4 is 5.32 Å². The summed E-state index contributed by atoms with van der Waals surface area (Å²) >= 11 is 6.07. The van der Waals surface area contributed by atoms with Gasteiger partial charge >= 0.3 is 0 Å². The standard InChI is InChI=1S/C12H20ClN3O2/c1-8(5-4-6-17)14-11(18)7-10-9(2)15-16(3)12(10)13/h8,17H,4-7H2,1-3H3,(H,14,18). The van der Waals surface area contributed by atoms with Crippen molar-refractivity contribution in [2.45, 2.75) is 39.2 Å². The number of nitrogens with one attached hydrogen (secondary N) is 1. The minimum Gasteiger partial charge on any atom is -0.396 e. The molecule has 18 heavy (non-hydrogen) atoms. The molecular weight excluding hydrogens is 254 g/mol. The van der Waals surface area contributed by atoms with Crippen LogP contribution in [0.25, 0.3) is 0 Å². The van der Waals surface area contributed by atoms with Gasteiger partial charge in [0.05, 0.1) is 12.1 Å². The van der Waals surface area contributed by atoms with Crippen molar-refractivity contribution >= 4 is 17.5 Å². The maximum atomic E-state index is 11.8. The Hall–Kier alpha value is -1.07. The first-order valence-electron chi connectivity index (χ1n) is 6.04. The normalized spacial score (nSPS) is 12.5. The molecule has 1 heterocycles. The second-order valence-corrected chi connectivity index (χ2v) is 4.85. The zero-order chi connectivity index (χ0) is 13.7. The lowest BCUT2D eigenvalue weighted by Gasteiger charge is -2.13. The summed E-state index contributed by atoms with van der Waals surface area (Å²) < 4.78 is 1.56. The first kappa shape index (κ1) is 15.0. The molecule has 6 heteroatoms. The second kappa shape index (κ2) is 6.75. The number of hydrogen-bond acceptors (Lipinski definition) is 3. The van der Waals surface area contributed by atoms with E-state index in [9.17, 15) is 4.79 Å². The van der Waals surface area contributed by atoms with Gasteiger partial charge in [0.25, 0.3) is 0 Å². The third-order valence-electron chi connectivity index (χ3n) is 2.81. The third kappa shape index (κ3) is 3.99. The Bertz CT molecular complexity index is 418. The van der Waals surface area contributed by atoms with E-state index in [-0.39, 0.29) is 25.0 Å². The lowest BCUT2D eigenvalue weighted by molar-refractivity contribution is -0.121. The first-order valence-corrected chi connectivity index (χ1v) is 6.41. The minimum atomic E-state index is -0.0709. The fourth-order valence-corrected chi connectivity index (χ4v) is 2.07. The molecule has 102 valence electrons. The minimum absolute atomic E-state index is 0.0559. The zero-order valence-corrected chi connectivity index (χ0v) is 11.8. The van der Waals surface area contributed by atoms with E-state index in [2.05, 4.69) is 10.4 Å². The van der Waals surface area contributed by atoms with Crippen molar-refractivity contribution in [3.63, 3.8) is 0 Å². The van der Waals surface area contributed by atoms with Crippen LogP contribution in [0.1, 0.15) is 31.0 Å². The molecule has 0 aliphatic heterocycles. The molecule has 0 aliphatic rings. The van der Waals surface area contributed by atoms with Crippen LogP contribution in [0.15, 0.2) is 0 Å². The van der Waals surface area contributed by atoms with Gasteiger partial charge in [-0.1, -0.05) is 11.6 Å². The van der Waals surface area contributed by atoms with E-state index in [1.807, 2.05) is 13.8 Å². The molecular formula is C12H20ClN3O2. The number of rotatable bonds is 6. The molecule has 1 atom stereocenters. The second-order valence-electron chi connectivity index (χ2n) is 4.49. The molecule has 2 N–H and O–H groups in total. The highest BCUT2D eigenvalue weighted by Crippen LogP contribution is 2.19. The highest BCUT2D eigenvalue weighted by atomic mass is 35.5. The highest BCUT2D eigenvalue weighted by molar-refractivity contribution is 6.30. The molecule has 1 aromatic heterocycles. The number of carbonyl (C=O) groups is 1. The highest BCUT2D eigenvalue weighted by Gasteiger charge is 2.15. The van der Waals surface area contributed by atoms with Gasteiger partial charge in [-0.25, -0.2) is 0 Å². The molecule has 0 spiro atoms. The molecule has 0 radical (unpaired) electrons. The molecule has 0 saturated heterocycles. The van der Waals surface area contributed by atoms with Crippen LogP contribution in [-0.2, 0) is 18.3 Å². The molecule has 0 bridgehead atoms. The molecule has 0 aliphatic carbocycles. The molecule has 0 fully saturated rings. The maximum absolute atomic E-state index is 11.8. The predicted molar refractivity (Wildman–Crippen MR) is 70.6 cm³/mol. The number of aromatic nitrogens is 2. The summed E-state index contributed by atoms with van der Waals surface area (Å²) in [6.07, 6.45) is 1.69. The van der Waals surface area contributed by atoms with E-state index in [1.54, 1.807) is 11.7 Å². The number of carbonyl (C=O) groups excluding carboxylic acids is 1. The fourth-order valence-electron chi connectivity index (χ4n) is 1.83. The quantitative estimate of drug-likeness (QED) is 0.818. The number of nitrogens with zero attached hydrogens (tertiary/aromatic N) is 2. The average molecular weight is 274 g/mol. The molecule has 0 saturated carbocycles. The lowest BCUT2D eigenvalue weighted by atomic mass is 10.1. The van der Waals surface area contributed by atoms with Gasteiger partial charge in [0, 0.05) is 25.3 Å². The maximum Gasteiger partial charge on any atom is 0.224 e. The van der Waals surface area contributed by atoms with Crippen LogP contribution >= 0.6 is 11.6 Å². The van der Waals surface area contributed by atoms with Crippen molar-refractivity contribution in [1.82, 2.24) is 15.1 Å². The monoisotopic (exact) mass is 273 g/mol. The van der Waals surface area contributed by atoms with Gasteiger partial charge in [-0.2, -0.15) is 5.10 Å². The van der Waals surface area contributed by atoms with Gasteiger partial charge in [-0.3, -0.25) is 9.48 Å². The molecule has 1 amide bonds. The number of aliphatic hydroxyl groups excluding tert-OH is 1. The van der Waals surface area contributed by atoms with Gasteiger partial charge in [0.15, 0.2) is 0 Å². The Labute approximate surface area is 112 Å². The van der Waals surface area contributed by atoms with Crippen molar-refractivity contribution in [3.8, 4) is 0 Å². The molecule has 1 unspecified atom stereocenters. The largest absolute Gasteiger partial charge is 0.396 e. The zero-order valence-electron chi connectivity index (χ0n) is 11.0. The molecule has 1 rings (SSSR count). The van der Waals surface area contributed by atoms with Crippen LogP contribution in [-0.4, -0.2) is 33.4 Å². The molecule has 0 aromatic carbocycles. The summed E-state index contributed by atoms with van der Waals surface area (Å²) in [4.78, 5) is 11.8. The van der Waals surface area contributed by atoms with Crippen LogP contribution in [0, 0.1) is 6.92 Å². The van der Waals surface area contributed by atoms with E-state index in [0.29, 0.717) is 11.6 Å². The summed E-state index contributed by atoms with van der Waals surface area (Å²) in [5.74, 6) is -0.0709. The van der Waals surface area contributed by atoms with Gasteiger partial charge in [-0.05, 0) is 26.7 Å². The van der Waals surface area contributed by atoms with E-state index < -0.39 is 0 Å². The van der Waals surface area contributed by atoms with E-state index in [4.69, 9.17) is 16.7 Å². The van der Waals surface area contributed by atoms with Crippen molar-refractivity contribution in [3.05, 3.63) is 16.4 Å². The van der Waals surface area contributed by atoms with Gasteiger partial charge in [0.1, 0.15) is 5.15 Å². The van der Waals surface area contributed by atoms with Crippen LogP contribution in [0.5, 0.6) is 0 Å². The van der Waals surface area contributed by atoms with Crippen molar-refractivity contribution in [2.24, 2.45) is 7.05 Å². The Kier molecular flexibility index (Phi) is 5.62. The Morgan fingerprint density at radius 2 is 2.28 bits per heavy atom. The SMILES string of the molecule is Cc1nn(C)c(Cl)c1CC(=O)NC(C)CCCO. The third-order valence-corrected chi connectivity index (χ3v) is 3.28. The molecule has 5 nitrogen and oxygen atoms in total. The Morgan fingerprint density at radius 3 is 2.78 bits per heavy atom. The first-order chi connectivity index (χ1) is 8.45. The van der Waals surface area contributed by atoms with Crippen molar-refractivity contribution < 1.29 is 9.90 Å². The van der Waals surface area contributed by atoms with Gasteiger partial charge in [0.2, 0.25) is 5.91 Å². The van der Waals surface area contributed by atoms with Crippen molar-refractivity contribution in [1.29, 1.82) is 0 Å². The number of hydrogen-bond donors (Lipinski definition) is 2. The average Bonchev–Trinajstić information content (AvgIpc) is 2.53. The predicted octanol–water partition coefficient (Wildman–Crippen LogP) is 1.20. The van der Waals surface area contributed by atoms with Crippen molar-refractivity contribution in [2.75, 3.05) is 6.61 Å². The topological polar surface area (TPSA) is 67.2 Å². The lowest BCUT2D eigenvalue weighted by Crippen LogP contribution is -2.33. The number of aliphatic hydroxyl groups is 1. The smallest absolute Gasteiger partial charge is 0.224 e. The number of amides is 1. The summed E-state index contributed by atoms with van der Waals surface area (Å²) in [5, 5.41) is 16.3. The van der Waals surface area contributed by atoms with Crippen LogP contribution in [0.4, 0.5) is 0 Å². The Balaban J connectivity index is 2.54. The van der Waals surface area contributed by atoms with E-state index in [0.717, 1.165) is 17.7 Å². The van der Waals surface area contributed by atoms with Crippen LogP contribution in [0.2, 0.25) is 5.15 Å². The number of halogens is 1. The summed E-state index contributed by atoms with van der Waals surface area (Å²) in [7, 11) is 1.75. The van der Waals surface area contributed by atoms with Crippen LogP contribution in [0.3, 0.4) is 0 Å². The summed E-state index contributed by atoms with van der Waals surface area (Å²) in [6, 6.07) is 0.0559. The Morgan fingerprint density at radius 1 is 1.61 bits per heavy atom. The van der Waals surface area contributed by atoms with Gasteiger partial charge in [-0.15, -0.1) is 0 Å². The number of aryl methyl sites for hydroxylation is 2. The van der Waals surface area contributed by atoms with E-state index >= 15 is 0 Å². The summed E-state index contributed by atoms with van der Waals surface area (Å²) in [6.45, 7) is 3.91.